The van der Waals surface area contributed by atoms with Crippen LogP contribution < -0.4 is 11.1 Å². The summed E-state index contributed by atoms with van der Waals surface area (Å²) in [6.45, 7) is 6.45. The van der Waals surface area contributed by atoms with Gasteiger partial charge in [-0.1, -0.05) is 13.0 Å². The number of aryl methyl sites for hydroxylation is 1. The molecule has 1 aromatic heterocycles. The van der Waals surface area contributed by atoms with Crippen molar-refractivity contribution in [1.29, 1.82) is 0 Å². The Bertz CT molecular complexity index is 535. The van der Waals surface area contributed by atoms with E-state index in [1.54, 1.807) is 6.07 Å². The van der Waals surface area contributed by atoms with E-state index in [2.05, 4.69) is 27.1 Å². The van der Waals surface area contributed by atoms with Gasteiger partial charge in [0, 0.05) is 25.2 Å². The summed E-state index contributed by atoms with van der Waals surface area (Å²) in [6, 6.07) is 5.53. The number of aliphatic imine (C=N–C) groups is 1. The highest BCUT2D eigenvalue weighted by Gasteiger charge is 2.16. The molecule has 0 bridgehead atoms. The number of piperidine rings is 1. The van der Waals surface area contributed by atoms with Crippen LogP contribution in [0.3, 0.4) is 0 Å². The molecule has 6 nitrogen and oxygen atoms in total. The van der Waals surface area contributed by atoms with Crippen LogP contribution in [-0.2, 0) is 4.79 Å². The van der Waals surface area contributed by atoms with Crippen molar-refractivity contribution >= 4 is 17.7 Å². The first-order valence-electron chi connectivity index (χ1n) is 7.83. The molecular formula is C16H25N5O. The second kappa shape index (κ2) is 7.77. The Morgan fingerprint density at radius 1 is 1.45 bits per heavy atom. The average molecular weight is 303 g/mol. The summed E-state index contributed by atoms with van der Waals surface area (Å²) < 4.78 is 0. The Labute approximate surface area is 131 Å². The smallest absolute Gasteiger partial charge is 0.227 e. The fourth-order valence-electron chi connectivity index (χ4n) is 2.43. The normalized spacial score (nSPS) is 16.6. The zero-order valence-electron chi connectivity index (χ0n) is 13.4. The van der Waals surface area contributed by atoms with Crippen LogP contribution >= 0.6 is 0 Å². The number of nitrogens with zero attached hydrogens (tertiary/aromatic N) is 3. The van der Waals surface area contributed by atoms with Crippen molar-refractivity contribution in [2.24, 2.45) is 16.6 Å². The molecular weight excluding hydrogens is 278 g/mol. The van der Waals surface area contributed by atoms with Crippen molar-refractivity contribution < 1.29 is 4.79 Å². The lowest BCUT2D eigenvalue weighted by atomic mass is 10.00. The molecule has 1 aromatic rings. The second-order valence-corrected chi connectivity index (χ2v) is 5.87. The number of rotatable bonds is 4. The van der Waals surface area contributed by atoms with Crippen molar-refractivity contribution in [1.82, 2.24) is 9.88 Å². The molecule has 1 saturated heterocycles. The van der Waals surface area contributed by atoms with Gasteiger partial charge in [-0.05, 0) is 37.8 Å². The Balaban J connectivity index is 1.75. The first kappa shape index (κ1) is 16.3. The Kier molecular flexibility index (Phi) is 5.75. The van der Waals surface area contributed by atoms with Crippen molar-refractivity contribution in [3.05, 3.63) is 23.9 Å². The number of carbonyl (C=O) groups excluding carboxylic acids is 1. The molecule has 1 aliphatic heterocycles. The zero-order chi connectivity index (χ0) is 15.9. The summed E-state index contributed by atoms with van der Waals surface area (Å²) in [7, 11) is 0. The highest BCUT2D eigenvalue weighted by atomic mass is 16.1. The molecule has 1 aliphatic rings. The topological polar surface area (TPSA) is 83.6 Å². The van der Waals surface area contributed by atoms with E-state index in [0.717, 1.165) is 37.5 Å². The minimum absolute atomic E-state index is 0.0954. The third-order valence-electron chi connectivity index (χ3n) is 3.88. The molecule has 120 valence electrons. The molecule has 0 radical (unpaired) electrons. The van der Waals surface area contributed by atoms with Gasteiger partial charge in [-0.2, -0.15) is 0 Å². The van der Waals surface area contributed by atoms with Crippen molar-refractivity contribution in [3.8, 4) is 0 Å². The van der Waals surface area contributed by atoms with Crippen LogP contribution in [0.15, 0.2) is 23.2 Å². The van der Waals surface area contributed by atoms with E-state index < -0.39 is 0 Å². The molecule has 0 aromatic carbocycles. The number of amides is 1. The number of carbonyl (C=O) groups is 1. The van der Waals surface area contributed by atoms with Gasteiger partial charge in [0.15, 0.2) is 5.96 Å². The molecule has 0 atom stereocenters. The van der Waals surface area contributed by atoms with E-state index in [0.29, 0.717) is 24.7 Å². The lowest BCUT2D eigenvalue weighted by molar-refractivity contribution is -0.116. The van der Waals surface area contributed by atoms with Gasteiger partial charge in [0.25, 0.3) is 0 Å². The fraction of sp³-hybridized carbons (Fsp3) is 0.562. The lowest BCUT2D eigenvalue weighted by Gasteiger charge is -2.31. The summed E-state index contributed by atoms with van der Waals surface area (Å²) in [5, 5.41) is 2.77. The number of anilines is 1. The van der Waals surface area contributed by atoms with E-state index in [9.17, 15) is 4.79 Å². The minimum Gasteiger partial charge on any atom is -0.370 e. The number of hydrogen-bond donors (Lipinski definition) is 2. The first-order valence-corrected chi connectivity index (χ1v) is 7.83. The Morgan fingerprint density at radius 2 is 2.18 bits per heavy atom. The van der Waals surface area contributed by atoms with Crippen LogP contribution in [-0.4, -0.2) is 41.4 Å². The molecule has 0 unspecified atom stereocenters. The second-order valence-electron chi connectivity index (χ2n) is 5.87. The number of guanidine groups is 1. The molecule has 0 aliphatic carbocycles. The maximum absolute atomic E-state index is 11.8. The third-order valence-corrected chi connectivity index (χ3v) is 3.88. The van der Waals surface area contributed by atoms with Crippen molar-refractivity contribution in [2.45, 2.75) is 33.1 Å². The van der Waals surface area contributed by atoms with Gasteiger partial charge in [0.1, 0.15) is 5.82 Å². The summed E-state index contributed by atoms with van der Waals surface area (Å²) in [5.41, 5.74) is 6.86. The van der Waals surface area contributed by atoms with Gasteiger partial charge in [-0.15, -0.1) is 0 Å². The molecule has 2 heterocycles. The van der Waals surface area contributed by atoms with Gasteiger partial charge in [-0.3, -0.25) is 9.79 Å². The molecule has 3 N–H and O–H groups in total. The number of hydrogen-bond acceptors (Lipinski definition) is 3. The maximum Gasteiger partial charge on any atom is 0.227 e. The van der Waals surface area contributed by atoms with Crippen molar-refractivity contribution in [2.75, 3.05) is 25.0 Å². The molecule has 6 heteroatoms. The van der Waals surface area contributed by atoms with Gasteiger partial charge in [0.2, 0.25) is 5.91 Å². The standard InChI is InChI=1S/C16H25N5O/c1-12-7-10-21(11-8-12)16(17)18-9-6-15(22)20-14-5-3-4-13(2)19-14/h3-5,12H,6-11H2,1-2H3,(H2,17,18)(H,19,20,22). The van der Waals surface area contributed by atoms with Crippen LogP contribution in [0.4, 0.5) is 5.82 Å². The minimum atomic E-state index is -0.0954. The predicted octanol–water partition coefficient (Wildman–Crippen LogP) is 1.77. The van der Waals surface area contributed by atoms with E-state index >= 15 is 0 Å². The fourth-order valence-corrected chi connectivity index (χ4v) is 2.43. The highest BCUT2D eigenvalue weighted by Crippen LogP contribution is 2.15. The molecule has 0 saturated carbocycles. The highest BCUT2D eigenvalue weighted by molar-refractivity contribution is 5.90. The van der Waals surface area contributed by atoms with Crippen LogP contribution in [0, 0.1) is 12.8 Å². The van der Waals surface area contributed by atoms with Crippen LogP contribution in [0.25, 0.3) is 0 Å². The van der Waals surface area contributed by atoms with E-state index in [4.69, 9.17) is 5.73 Å². The van der Waals surface area contributed by atoms with Gasteiger partial charge in [0.05, 0.1) is 6.54 Å². The van der Waals surface area contributed by atoms with Crippen molar-refractivity contribution in [3.63, 3.8) is 0 Å². The number of pyridine rings is 1. The number of aromatic nitrogens is 1. The summed E-state index contributed by atoms with van der Waals surface area (Å²) in [5.74, 6) is 1.79. The van der Waals surface area contributed by atoms with Crippen LogP contribution in [0.5, 0.6) is 0 Å². The molecule has 2 rings (SSSR count). The molecule has 1 amide bonds. The first-order chi connectivity index (χ1) is 10.5. The monoisotopic (exact) mass is 303 g/mol. The number of nitrogens with two attached hydrogens (primary N) is 1. The van der Waals surface area contributed by atoms with Crippen LogP contribution in [0.1, 0.15) is 31.9 Å². The SMILES string of the molecule is Cc1cccc(NC(=O)CCN=C(N)N2CCC(C)CC2)n1. The Morgan fingerprint density at radius 3 is 2.86 bits per heavy atom. The number of nitrogens with one attached hydrogen (secondary N) is 1. The van der Waals surface area contributed by atoms with E-state index in [-0.39, 0.29) is 5.91 Å². The number of likely N-dealkylation sites (tertiary alicyclic amines) is 1. The molecule has 1 fully saturated rings. The van der Waals surface area contributed by atoms with Gasteiger partial charge >= 0.3 is 0 Å². The summed E-state index contributed by atoms with van der Waals surface area (Å²) in [4.78, 5) is 22.5. The predicted molar refractivity (Wildman–Crippen MR) is 88.7 cm³/mol. The zero-order valence-corrected chi connectivity index (χ0v) is 13.4. The van der Waals surface area contributed by atoms with Crippen LogP contribution in [0.2, 0.25) is 0 Å². The Hall–Kier alpha value is -2.11. The summed E-state index contributed by atoms with van der Waals surface area (Å²) in [6.07, 6.45) is 2.60. The third kappa shape index (κ3) is 5.02. The summed E-state index contributed by atoms with van der Waals surface area (Å²) >= 11 is 0. The van der Waals surface area contributed by atoms with Gasteiger partial charge in [-0.25, -0.2) is 4.98 Å². The largest absolute Gasteiger partial charge is 0.370 e. The quantitative estimate of drug-likeness (QED) is 0.656. The van der Waals surface area contributed by atoms with E-state index in [1.165, 1.54) is 0 Å². The van der Waals surface area contributed by atoms with E-state index in [1.807, 2.05) is 19.1 Å². The lowest BCUT2D eigenvalue weighted by Crippen LogP contribution is -2.42. The van der Waals surface area contributed by atoms with Gasteiger partial charge < -0.3 is 16.0 Å². The molecule has 22 heavy (non-hydrogen) atoms. The molecule has 0 spiro atoms. The maximum atomic E-state index is 11.8. The average Bonchev–Trinajstić information content (AvgIpc) is 2.47.